The molecule has 2 aromatic carbocycles. The third-order valence-electron chi connectivity index (χ3n) is 4.54. The number of guanidine groups is 1. The first-order valence-electron chi connectivity index (χ1n) is 9.60. The molecule has 1 atom stereocenters. The van der Waals surface area contributed by atoms with Gasteiger partial charge in [-0.2, -0.15) is 0 Å². The summed E-state index contributed by atoms with van der Waals surface area (Å²) in [7, 11) is 9.03. The minimum Gasteiger partial charge on any atom is -0.497 e. The van der Waals surface area contributed by atoms with Crippen molar-refractivity contribution >= 4 is 11.6 Å². The van der Waals surface area contributed by atoms with Crippen LogP contribution in [0.15, 0.2) is 47.5 Å². The second kappa shape index (κ2) is 11.2. The number of ether oxygens (including phenoxy) is 3. The van der Waals surface area contributed by atoms with Gasteiger partial charge >= 0.3 is 0 Å². The molecule has 0 radical (unpaired) electrons. The SMILES string of the molecule is CCNC(=NCC(c1ccc(OC)cc1)N(C)C)Nc1ccc(OC)c(OC)c1. The van der Waals surface area contributed by atoms with E-state index in [0.717, 1.165) is 18.0 Å². The average molecular weight is 401 g/mol. The van der Waals surface area contributed by atoms with Crippen LogP contribution < -0.4 is 24.8 Å². The van der Waals surface area contributed by atoms with E-state index >= 15 is 0 Å². The highest BCUT2D eigenvalue weighted by molar-refractivity contribution is 5.94. The van der Waals surface area contributed by atoms with Crippen molar-refractivity contribution in [1.82, 2.24) is 10.2 Å². The summed E-state index contributed by atoms with van der Waals surface area (Å²) in [5, 5.41) is 6.62. The zero-order valence-corrected chi connectivity index (χ0v) is 18.2. The molecule has 29 heavy (non-hydrogen) atoms. The van der Waals surface area contributed by atoms with Gasteiger partial charge in [0, 0.05) is 18.3 Å². The fourth-order valence-electron chi connectivity index (χ4n) is 2.93. The first-order valence-corrected chi connectivity index (χ1v) is 9.60. The van der Waals surface area contributed by atoms with E-state index in [0.29, 0.717) is 24.0 Å². The van der Waals surface area contributed by atoms with Gasteiger partial charge in [0.1, 0.15) is 5.75 Å². The number of hydrogen-bond donors (Lipinski definition) is 2. The van der Waals surface area contributed by atoms with Crippen molar-refractivity contribution in [3.8, 4) is 17.2 Å². The van der Waals surface area contributed by atoms with E-state index in [2.05, 4.69) is 41.8 Å². The monoisotopic (exact) mass is 400 g/mol. The van der Waals surface area contributed by atoms with Crippen LogP contribution in [0.5, 0.6) is 17.2 Å². The second-order valence-corrected chi connectivity index (χ2v) is 6.67. The van der Waals surface area contributed by atoms with E-state index in [1.165, 1.54) is 5.56 Å². The van der Waals surface area contributed by atoms with Crippen molar-refractivity contribution < 1.29 is 14.2 Å². The summed E-state index contributed by atoms with van der Waals surface area (Å²) in [6.07, 6.45) is 0. The summed E-state index contributed by atoms with van der Waals surface area (Å²) in [6, 6.07) is 13.9. The molecule has 2 N–H and O–H groups in total. The highest BCUT2D eigenvalue weighted by Crippen LogP contribution is 2.29. The second-order valence-electron chi connectivity index (χ2n) is 6.67. The molecule has 0 aliphatic rings. The maximum Gasteiger partial charge on any atom is 0.195 e. The average Bonchev–Trinajstić information content (AvgIpc) is 2.74. The van der Waals surface area contributed by atoms with Crippen LogP contribution >= 0.6 is 0 Å². The number of nitrogens with one attached hydrogen (secondary N) is 2. The maximum absolute atomic E-state index is 5.38. The molecule has 7 heteroatoms. The van der Waals surface area contributed by atoms with Crippen LogP contribution in [0.2, 0.25) is 0 Å². The number of likely N-dealkylation sites (N-methyl/N-ethyl adjacent to an activating group) is 1. The Morgan fingerprint density at radius 1 is 0.966 bits per heavy atom. The first-order chi connectivity index (χ1) is 14.0. The Kier molecular flexibility index (Phi) is 8.61. The lowest BCUT2D eigenvalue weighted by molar-refractivity contribution is 0.306. The highest BCUT2D eigenvalue weighted by Gasteiger charge is 2.14. The van der Waals surface area contributed by atoms with E-state index < -0.39 is 0 Å². The smallest absolute Gasteiger partial charge is 0.195 e. The zero-order chi connectivity index (χ0) is 21.2. The molecule has 0 spiro atoms. The number of anilines is 1. The lowest BCUT2D eigenvalue weighted by atomic mass is 10.1. The molecule has 0 saturated heterocycles. The summed E-state index contributed by atoms with van der Waals surface area (Å²) in [5.41, 5.74) is 2.05. The Morgan fingerprint density at radius 2 is 1.66 bits per heavy atom. The van der Waals surface area contributed by atoms with Gasteiger partial charge in [-0.25, -0.2) is 0 Å². The van der Waals surface area contributed by atoms with Crippen LogP contribution in [0.1, 0.15) is 18.5 Å². The van der Waals surface area contributed by atoms with Gasteiger partial charge in [0.2, 0.25) is 0 Å². The van der Waals surface area contributed by atoms with E-state index in [-0.39, 0.29) is 6.04 Å². The zero-order valence-electron chi connectivity index (χ0n) is 18.2. The molecule has 2 rings (SSSR count). The lowest BCUT2D eigenvalue weighted by Crippen LogP contribution is -2.32. The molecule has 2 aromatic rings. The molecule has 0 amide bonds. The van der Waals surface area contributed by atoms with Gasteiger partial charge in [0.05, 0.1) is 33.9 Å². The van der Waals surface area contributed by atoms with Crippen molar-refractivity contribution in [3.05, 3.63) is 48.0 Å². The molecule has 0 heterocycles. The largest absolute Gasteiger partial charge is 0.497 e. The van der Waals surface area contributed by atoms with Crippen LogP contribution in [-0.2, 0) is 0 Å². The maximum atomic E-state index is 5.38. The quantitative estimate of drug-likeness (QED) is 0.497. The first kappa shape index (κ1) is 22.4. The Hall–Kier alpha value is -2.93. The van der Waals surface area contributed by atoms with Gasteiger partial charge < -0.3 is 29.7 Å². The van der Waals surface area contributed by atoms with Crippen LogP contribution in [0.4, 0.5) is 5.69 Å². The lowest BCUT2D eigenvalue weighted by Gasteiger charge is -2.24. The summed E-state index contributed by atoms with van der Waals surface area (Å²) in [5.74, 6) is 2.91. The predicted octanol–water partition coefficient (Wildman–Crippen LogP) is 3.39. The Labute approximate surface area is 173 Å². The number of rotatable bonds is 9. The Bertz CT molecular complexity index is 791. The van der Waals surface area contributed by atoms with Crippen LogP contribution in [0.3, 0.4) is 0 Å². The van der Waals surface area contributed by atoms with Gasteiger partial charge in [-0.1, -0.05) is 12.1 Å². The minimum atomic E-state index is 0.141. The predicted molar refractivity (Wildman–Crippen MR) is 119 cm³/mol. The minimum absolute atomic E-state index is 0.141. The molecule has 0 aliphatic heterocycles. The highest BCUT2D eigenvalue weighted by atomic mass is 16.5. The number of benzene rings is 2. The molecule has 0 bridgehead atoms. The fraction of sp³-hybridized carbons (Fsp3) is 0.409. The van der Waals surface area contributed by atoms with E-state index in [1.54, 1.807) is 21.3 Å². The molecule has 0 fully saturated rings. The molecule has 1 unspecified atom stereocenters. The van der Waals surface area contributed by atoms with Crippen molar-refractivity contribution in [3.63, 3.8) is 0 Å². The molecular weight excluding hydrogens is 368 g/mol. The standard InChI is InChI=1S/C22H32N4O3/c1-7-23-22(25-17-10-13-20(28-5)21(14-17)29-6)24-15-19(26(2)3)16-8-11-18(27-4)12-9-16/h8-14,19H,7,15H2,1-6H3,(H2,23,24,25). The van der Waals surface area contributed by atoms with E-state index in [9.17, 15) is 0 Å². The number of nitrogens with zero attached hydrogens (tertiary/aromatic N) is 2. The normalized spacial score (nSPS) is 12.4. The number of aliphatic imine (C=N–C) groups is 1. The number of hydrogen-bond acceptors (Lipinski definition) is 5. The number of methoxy groups -OCH3 is 3. The Balaban J connectivity index is 2.19. The van der Waals surface area contributed by atoms with Crippen molar-refractivity contribution in [2.45, 2.75) is 13.0 Å². The molecule has 158 valence electrons. The third-order valence-corrected chi connectivity index (χ3v) is 4.54. The van der Waals surface area contributed by atoms with Crippen LogP contribution in [0, 0.1) is 0 Å². The van der Waals surface area contributed by atoms with Gasteiger partial charge in [-0.15, -0.1) is 0 Å². The van der Waals surface area contributed by atoms with Crippen molar-refractivity contribution in [1.29, 1.82) is 0 Å². The van der Waals surface area contributed by atoms with Gasteiger partial charge in [-0.3, -0.25) is 4.99 Å². The van der Waals surface area contributed by atoms with Gasteiger partial charge in [0.15, 0.2) is 17.5 Å². The molecular formula is C22H32N4O3. The fourth-order valence-corrected chi connectivity index (χ4v) is 2.93. The third kappa shape index (κ3) is 6.29. The van der Waals surface area contributed by atoms with Gasteiger partial charge in [-0.05, 0) is 50.8 Å². The molecule has 0 aromatic heterocycles. The summed E-state index contributed by atoms with van der Waals surface area (Å²) < 4.78 is 15.9. The summed E-state index contributed by atoms with van der Waals surface area (Å²) >= 11 is 0. The molecule has 0 aliphatic carbocycles. The molecule has 0 saturated carbocycles. The Morgan fingerprint density at radius 3 is 2.21 bits per heavy atom. The van der Waals surface area contributed by atoms with E-state index in [1.807, 2.05) is 37.3 Å². The summed E-state index contributed by atoms with van der Waals surface area (Å²) in [6.45, 7) is 3.40. The van der Waals surface area contributed by atoms with Crippen LogP contribution in [-0.4, -0.2) is 59.4 Å². The van der Waals surface area contributed by atoms with Gasteiger partial charge in [0.25, 0.3) is 0 Å². The van der Waals surface area contributed by atoms with Crippen LogP contribution in [0.25, 0.3) is 0 Å². The molecule has 7 nitrogen and oxygen atoms in total. The van der Waals surface area contributed by atoms with E-state index in [4.69, 9.17) is 19.2 Å². The van der Waals surface area contributed by atoms with Crippen molar-refractivity contribution in [2.24, 2.45) is 4.99 Å². The topological polar surface area (TPSA) is 67.4 Å². The summed E-state index contributed by atoms with van der Waals surface area (Å²) in [4.78, 5) is 6.95. The van der Waals surface area contributed by atoms with Crippen molar-refractivity contribution in [2.75, 3.05) is 53.8 Å².